The summed E-state index contributed by atoms with van der Waals surface area (Å²) in [4.78, 5) is 23.0. The first-order chi connectivity index (χ1) is 15.5. The Morgan fingerprint density at radius 1 is 1.06 bits per heavy atom. The number of halogens is 1. The molecule has 1 aliphatic rings. The summed E-state index contributed by atoms with van der Waals surface area (Å²) in [5.74, 6) is 6.81. The Bertz CT molecular complexity index is 1130. The highest BCUT2D eigenvalue weighted by Crippen LogP contribution is 2.22. The molecule has 2 aromatic heterocycles. The van der Waals surface area contributed by atoms with Crippen LogP contribution in [0.1, 0.15) is 37.9 Å². The van der Waals surface area contributed by atoms with Gasteiger partial charge < -0.3 is 5.32 Å². The van der Waals surface area contributed by atoms with Gasteiger partial charge in [0.05, 0.1) is 6.04 Å². The van der Waals surface area contributed by atoms with Crippen LogP contribution in [0.2, 0.25) is 5.02 Å². The molecule has 2 unspecified atom stereocenters. The number of nitrogens with one attached hydrogen (secondary N) is 1. The third-order valence-corrected chi connectivity index (χ3v) is 5.95. The van der Waals surface area contributed by atoms with E-state index in [-0.39, 0.29) is 11.9 Å². The summed E-state index contributed by atoms with van der Waals surface area (Å²) in [5.41, 5.74) is 3.51. The van der Waals surface area contributed by atoms with Crippen molar-refractivity contribution in [2.75, 3.05) is 11.4 Å². The lowest BCUT2D eigenvalue weighted by Crippen LogP contribution is -2.48. The van der Waals surface area contributed by atoms with Crippen LogP contribution in [0.15, 0.2) is 60.9 Å². The van der Waals surface area contributed by atoms with Gasteiger partial charge >= 0.3 is 0 Å². The number of hydrogen-bond acceptors (Lipinski definition) is 4. The fourth-order valence-electron chi connectivity index (χ4n) is 3.98. The second kappa shape index (κ2) is 9.95. The van der Waals surface area contributed by atoms with Gasteiger partial charge in [0.1, 0.15) is 11.5 Å². The number of carbonyl (C=O) groups is 1. The zero-order chi connectivity index (χ0) is 22.5. The van der Waals surface area contributed by atoms with E-state index in [9.17, 15) is 4.79 Å². The molecule has 0 radical (unpaired) electrons. The minimum atomic E-state index is -0.0116. The molecule has 1 saturated heterocycles. The Kier molecular flexibility index (Phi) is 6.84. The summed E-state index contributed by atoms with van der Waals surface area (Å²) in [7, 11) is 0. The van der Waals surface area contributed by atoms with Crippen LogP contribution in [0.4, 0.5) is 5.82 Å². The molecule has 0 bridgehead atoms. The van der Waals surface area contributed by atoms with E-state index in [1.54, 1.807) is 24.2 Å². The number of rotatable bonds is 4. The van der Waals surface area contributed by atoms with Crippen LogP contribution in [0, 0.1) is 11.8 Å². The van der Waals surface area contributed by atoms with Gasteiger partial charge in [0.25, 0.3) is 0 Å². The molecule has 2 atom stereocenters. The fraction of sp³-hybridized carbons (Fsp3) is 0.269. The van der Waals surface area contributed by atoms with Gasteiger partial charge in [0.2, 0.25) is 5.91 Å². The maximum Gasteiger partial charge on any atom is 0.225 e. The molecule has 0 saturated carbocycles. The maximum atomic E-state index is 12.3. The third kappa shape index (κ3) is 5.16. The molecular weight excluding hydrogens is 420 g/mol. The predicted molar refractivity (Wildman–Crippen MR) is 129 cm³/mol. The third-order valence-electron chi connectivity index (χ3n) is 5.70. The van der Waals surface area contributed by atoms with Crippen molar-refractivity contribution in [3.8, 4) is 23.0 Å². The normalized spacial score (nSPS) is 16.2. The van der Waals surface area contributed by atoms with Crippen LogP contribution in [-0.2, 0) is 4.79 Å². The van der Waals surface area contributed by atoms with E-state index in [1.807, 2.05) is 48.5 Å². The lowest BCUT2D eigenvalue weighted by atomic mass is 10.1. The first kappa shape index (κ1) is 22.0. The standard InChI is InChI=1S/C26H25ClN4O/c1-18(25-4-3-15-28-25)31(19(2)32)26-14-6-20(16-30-26)5-12-24-13-9-22(17-29-24)21-7-10-23(27)11-8-21/h6-11,13-14,16-18,25,28H,3-4,15H2,1-2H3. The SMILES string of the molecule is CC(=O)N(c1ccc(C#Cc2ccc(-c3ccc(Cl)cc3)cn2)cn1)C(C)C1CCCN1. The zero-order valence-corrected chi connectivity index (χ0v) is 18.9. The molecule has 1 fully saturated rings. The maximum absolute atomic E-state index is 12.3. The molecule has 4 rings (SSSR count). The lowest BCUT2D eigenvalue weighted by molar-refractivity contribution is -0.117. The molecule has 1 amide bonds. The number of pyridine rings is 2. The summed E-state index contributed by atoms with van der Waals surface area (Å²) in [6.07, 6.45) is 5.71. The van der Waals surface area contributed by atoms with E-state index < -0.39 is 0 Å². The molecule has 1 aromatic carbocycles. The van der Waals surface area contributed by atoms with Gasteiger partial charge in [0, 0.05) is 41.5 Å². The van der Waals surface area contributed by atoms with Crippen molar-refractivity contribution >= 4 is 23.3 Å². The monoisotopic (exact) mass is 444 g/mol. The smallest absolute Gasteiger partial charge is 0.225 e. The Hall–Kier alpha value is -3.20. The lowest BCUT2D eigenvalue weighted by Gasteiger charge is -2.31. The van der Waals surface area contributed by atoms with Crippen LogP contribution in [-0.4, -0.2) is 34.5 Å². The minimum Gasteiger partial charge on any atom is -0.312 e. The van der Waals surface area contributed by atoms with Crippen LogP contribution in [0.5, 0.6) is 0 Å². The summed E-state index contributed by atoms with van der Waals surface area (Å²) in [5, 5.41) is 4.18. The Balaban J connectivity index is 1.46. The first-order valence-corrected chi connectivity index (χ1v) is 11.1. The van der Waals surface area contributed by atoms with Gasteiger partial charge in [-0.05, 0) is 68.1 Å². The summed E-state index contributed by atoms with van der Waals surface area (Å²) in [6, 6.07) is 15.6. The van der Waals surface area contributed by atoms with Crippen molar-refractivity contribution in [1.29, 1.82) is 0 Å². The average Bonchev–Trinajstić information content (AvgIpc) is 3.34. The number of anilines is 1. The molecule has 3 heterocycles. The summed E-state index contributed by atoms with van der Waals surface area (Å²) in [6.45, 7) is 4.65. The van der Waals surface area contributed by atoms with Crippen molar-refractivity contribution in [2.45, 2.75) is 38.8 Å². The molecule has 3 aromatic rings. The topological polar surface area (TPSA) is 58.1 Å². The van der Waals surface area contributed by atoms with Crippen molar-refractivity contribution in [3.05, 3.63) is 77.2 Å². The molecule has 162 valence electrons. The molecule has 1 aliphatic heterocycles. The van der Waals surface area contributed by atoms with E-state index in [2.05, 4.69) is 34.0 Å². The minimum absolute atomic E-state index is 0.0116. The number of benzene rings is 1. The highest BCUT2D eigenvalue weighted by Gasteiger charge is 2.29. The first-order valence-electron chi connectivity index (χ1n) is 10.7. The molecule has 0 aliphatic carbocycles. The summed E-state index contributed by atoms with van der Waals surface area (Å²) < 4.78 is 0. The zero-order valence-electron chi connectivity index (χ0n) is 18.2. The Morgan fingerprint density at radius 3 is 2.44 bits per heavy atom. The van der Waals surface area contributed by atoms with Crippen LogP contribution in [0.25, 0.3) is 11.1 Å². The van der Waals surface area contributed by atoms with Gasteiger partial charge in [-0.25, -0.2) is 9.97 Å². The fourth-order valence-corrected chi connectivity index (χ4v) is 4.11. The van der Waals surface area contributed by atoms with E-state index in [4.69, 9.17) is 11.6 Å². The van der Waals surface area contributed by atoms with E-state index in [0.717, 1.165) is 36.1 Å². The van der Waals surface area contributed by atoms with Crippen molar-refractivity contribution < 1.29 is 4.79 Å². The van der Waals surface area contributed by atoms with Gasteiger partial charge in [-0.2, -0.15) is 0 Å². The van der Waals surface area contributed by atoms with E-state index in [1.165, 1.54) is 0 Å². The number of nitrogens with zero attached hydrogens (tertiary/aromatic N) is 3. The predicted octanol–water partition coefficient (Wildman–Crippen LogP) is 4.69. The molecule has 5 nitrogen and oxygen atoms in total. The van der Waals surface area contributed by atoms with Crippen molar-refractivity contribution in [1.82, 2.24) is 15.3 Å². The summed E-state index contributed by atoms with van der Waals surface area (Å²) >= 11 is 5.95. The molecular formula is C26H25ClN4O. The second-order valence-electron chi connectivity index (χ2n) is 7.93. The average molecular weight is 445 g/mol. The molecule has 6 heteroatoms. The number of amides is 1. The van der Waals surface area contributed by atoms with Gasteiger partial charge in [0.15, 0.2) is 0 Å². The number of hydrogen-bond donors (Lipinski definition) is 1. The van der Waals surface area contributed by atoms with Crippen molar-refractivity contribution in [3.63, 3.8) is 0 Å². The highest BCUT2D eigenvalue weighted by molar-refractivity contribution is 6.30. The van der Waals surface area contributed by atoms with Crippen LogP contribution >= 0.6 is 11.6 Å². The van der Waals surface area contributed by atoms with Gasteiger partial charge in [-0.1, -0.05) is 35.7 Å². The van der Waals surface area contributed by atoms with E-state index >= 15 is 0 Å². The Morgan fingerprint density at radius 2 is 1.84 bits per heavy atom. The number of aromatic nitrogens is 2. The Labute approximate surface area is 193 Å². The highest BCUT2D eigenvalue weighted by atomic mass is 35.5. The molecule has 32 heavy (non-hydrogen) atoms. The van der Waals surface area contributed by atoms with Crippen molar-refractivity contribution in [2.24, 2.45) is 0 Å². The number of carbonyl (C=O) groups excluding carboxylic acids is 1. The van der Waals surface area contributed by atoms with Crippen LogP contribution in [0.3, 0.4) is 0 Å². The second-order valence-corrected chi connectivity index (χ2v) is 8.36. The quantitative estimate of drug-likeness (QED) is 0.593. The van der Waals surface area contributed by atoms with Gasteiger partial charge in [-0.15, -0.1) is 0 Å². The van der Waals surface area contributed by atoms with Crippen LogP contribution < -0.4 is 10.2 Å². The molecule has 0 spiro atoms. The largest absolute Gasteiger partial charge is 0.312 e. The molecule has 1 N–H and O–H groups in total. The van der Waals surface area contributed by atoms with E-state index in [0.29, 0.717) is 22.6 Å². The van der Waals surface area contributed by atoms with Gasteiger partial charge in [-0.3, -0.25) is 9.69 Å².